The van der Waals surface area contributed by atoms with Gasteiger partial charge in [0.2, 0.25) is 5.91 Å². The number of carboxylic acid groups (broad SMARTS) is 1. The van der Waals surface area contributed by atoms with Crippen molar-refractivity contribution in [3.63, 3.8) is 0 Å². The van der Waals surface area contributed by atoms with Gasteiger partial charge in [0.05, 0.1) is 26.1 Å². The molecule has 0 saturated carbocycles. The van der Waals surface area contributed by atoms with Crippen LogP contribution < -0.4 is 5.32 Å². The van der Waals surface area contributed by atoms with Gasteiger partial charge in [-0.05, 0) is 6.42 Å². The molecule has 0 aliphatic carbocycles. The maximum Gasteiger partial charge on any atom is 0.326 e. The predicted octanol–water partition coefficient (Wildman–Crippen LogP) is 2.29. The topological polar surface area (TPSA) is 153 Å². The van der Waals surface area contributed by atoms with Gasteiger partial charge in [0.1, 0.15) is 11.8 Å². The Balaban J connectivity index is 0. The number of nitrogens with one attached hydrogen (secondary N) is 1. The number of nitrogens with zero attached hydrogens (tertiary/aromatic N) is 1. The van der Waals surface area contributed by atoms with E-state index in [4.69, 9.17) is 20.4 Å². The summed E-state index contributed by atoms with van der Waals surface area (Å²) in [4.78, 5) is 24.7. The van der Waals surface area contributed by atoms with Gasteiger partial charge in [-0.3, -0.25) is 9.69 Å². The fourth-order valence-electron chi connectivity index (χ4n) is 3.52. The van der Waals surface area contributed by atoms with Crippen molar-refractivity contribution in [3.8, 4) is 0 Å². The van der Waals surface area contributed by atoms with Crippen molar-refractivity contribution < 1.29 is 34.6 Å². The predicted molar refractivity (Wildman–Crippen MR) is 142 cm³/mol. The van der Waals surface area contributed by atoms with Gasteiger partial charge >= 0.3 is 5.97 Å². The van der Waals surface area contributed by atoms with Gasteiger partial charge in [-0.15, -0.1) is 0 Å². The third kappa shape index (κ3) is 27.5. The normalized spacial score (nSPS) is 12.7. The van der Waals surface area contributed by atoms with Gasteiger partial charge in [0.25, 0.3) is 0 Å². The summed E-state index contributed by atoms with van der Waals surface area (Å²) >= 11 is -1.05. The van der Waals surface area contributed by atoms with Gasteiger partial charge in [0.15, 0.2) is 0 Å². The van der Waals surface area contributed by atoms with E-state index in [1.165, 1.54) is 57.6 Å². The minimum Gasteiger partial charge on any atom is -0.617 e. The molecule has 0 aromatic heterocycles. The number of rotatable bonds is 23. The molecule has 10 heteroatoms. The van der Waals surface area contributed by atoms with E-state index in [-0.39, 0.29) is 37.9 Å². The molecule has 0 aromatic rings. The van der Waals surface area contributed by atoms with Crippen LogP contribution in [0, 0.1) is 0 Å². The number of aliphatic hydroxyl groups excluding tert-OH is 3. The first-order valence-electron chi connectivity index (χ1n) is 13.2. The van der Waals surface area contributed by atoms with Crippen LogP contribution >= 0.6 is 0 Å². The summed E-state index contributed by atoms with van der Waals surface area (Å²) < 4.78 is 11.0. The highest BCUT2D eigenvalue weighted by atomic mass is 32.2. The Bertz CT molecular complexity index is 470. The molecule has 0 rings (SSSR count). The lowest BCUT2D eigenvalue weighted by Gasteiger charge is -2.17. The van der Waals surface area contributed by atoms with Crippen LogP contribution in [-0.2, 0) is 20.8 Å². The Kier molecular flexibility index (Phi) is 28.7. The van der Waals surface area contributed by atoms with Crippen molar-refractivity contribution in [3.05, 3.63) is 0 Å². The number of carbonyl (C=O) groups excluding carboxylic acids is 1. The molecule has 0 aliphatic rings. The van der Waals surface area contributed by atoms with Crippen molar-refractivity contribution in [2.24, 2.45) is 0 Å². The molecule has 1 amide bonds. The first-order valence-corrected chi connectivity index (χ1v) is 14.9. The van der Waals surface area contributed by atoms with E-state index in [0.29, 0.717) is 26.1 Å². The Labute approximate surface area is 215 Å². The molecular formula is C25H52N2O7S. The molecule has 0 aliphatic heterocycles. The summed E-state index contributed by atoms with van der Waals surface area (Å²) in [6.45, 7) is 3.98. The van der Waals surface area contributed by atoms with Crippen LogP contribution in [0.15, 0.2) is 0 Å². The maximum absolute atomic E-state index is 11.8. The number of carboxylic acids is 1. The Morgan fingerprint density at radius 1 is 0.829 bits per heavy atom. The van der Waals surface area contributed by atoms with Crippen LogP contribution in [0.25, 0.3) is 0 Å². The zero-order chi connectivity index (χ0) is 26.7. The number of aliphatic hydroxyl groups is 3. The smallest absolute Gasteiger partial charge is 0.326 e. The lowest BCUT2D eigenvalue weighted by Crippen LogP contribution is -2.41. The molecule has 35 heavy (non-hydrogen) atoms. The monoisotopic (exact) mass is 524 g/mol. The molecule has 9 nitrogen and oxygen atoms in total. The summed E-state index contributed by atoms with van der Waals surface area (Å²) in [6.07, 6.45) is 15.5. The lowest BCUT2D eigenvalue weighted by molar-refractivity contribution is -0.141. The fourth-order valence-corrected chi connectivity index (χ4v) is 4.08. The van der Waals surface area contributed by atoms with E-state index in [1.54, 1.807) is 4.90 Å². The Hall–Kier alpha value is -0.910. The Morgan fingerprint density at radius 2 is 1.26 bits per heavy atom. The van der Waals surface area contributed by atoms with E-state index in [9.17, 15) is 14.1 Å². The van der Waals surface area contributed by atoms with Gasteiger partial charge < -0.3 is 30.3 Å². The standard InChI is InChI=1S/C19H37NO4S.C6H15NO3/c1-3-4-5-6-7-8-9-10-11-12-13-14-18(21)20-17(19(22)23)15-16-25(2)24;8-4-1-7(2-5-9)3-6-10/h17H,3-16H2,1-2H3,(H,20,21)(H,22,23);8-10H,1-6H2/t17-,25?;/m0./s1. The Morgan fingerprint density at radius 3 is 1.63 bits per heavy atom. The van der Waals surface area contributed by atoms with Crippen molar-refractivity contribution in [2.75, 3.05) is 51.5 Å². The molecule has 0 fully saturated rings. The van der Waals surface area contributed by atoms with Crippen molar-refractivity contribution in [2.45, 2.75) is 96.4 Å². The summed E-state index contributed by atoms with van der Waals surface area (Å²) in [5, 5.41) is 37.1. The maximum atomic E-state index is 11.8. The third-order valence-electron chi connectivity index (χ3n) is 5.58. The van der Waals surface area contributed by atoms with Crippen LogP contribution in [0.3, 0.4) is 0 Å². The lowest BCUT2D eigenvalue weighted by atomic mass is 10.1. The highest BCUT2D eigenvalue weighted by molar-refractivity contribution is 7.90. The second-order valence-corrected chi connectivity index (χ2v) is 10.4. The average molecular weight is 525 g/mol. The molecule has 0 aromatic carbocycles. The quantitative estimate of drug-likeness (QED) is 0.101. The molecule has 0 spiro atoms. The summed E-state index contributed by atoms with van der Waals surface area (Å²) in [5.41, 5.74) is 0. The van der Waals surface area contributed by atoms with Gasteiger partial charge in [0, 0.05) is 32.5 Å². The number of unbranched alkanes of at least 4 members (excludes halogenated alkanes) is 10. The van der Waals surface area contributed by atoms with E-state index in [0.717, 1.165) is 19.3 Å². The van der Waals surface area contributed by atoms with E-state index >= 15 is 0 Å². The van der Waals surface area contributed by atoms with Crippen molar-refractivity contribution in [1.82, 2.24) is 10.2 Å². The van der Waals surface area contributed by atoms with Crippen LogP contribution in [0.5, 0.6) is 0 Å². The summed E-state index contributed by atoms with van der Waals surface area (Å²) in [7, 11) is 0. The molecule has 0 heterocycles. The zero-order valence-corrected chi connectivity index (χ0v) is 22.9. The highest BCUT2D eigenvalue weighted by Gasteiger charge is 2.21. The number of amides is 1. The van der Waals surface area contributed by atoms with Gasteiger partial charge in [-0.2, -0.15) is 0 Å². The van der Waals surface area contributed by atoms with Gasteiger partial charge in [-0.1, -0.05) is 82.3 Å². The van der Waals surface area contributed by atoms with Crippen LogP contribution in [0.1, 0.15) is 90.4 Å². The minimum absolute atomic E-state index is 0.0694. The molecular weight excluding hydrogens is 472 g/mol. The fraction of sp³-hybridized carbons (Fsp3) is 0.920. The molecule has 1 unspecified atom stereocenters. The van der Waals surface area contributed by atoms with E-state index < -0.39 is 23.2 Å². The van der Waals surface area contributed by atoms with Gasteiger partial charge in [-0.25, -0.2) is 4.79 Å². The number of hydrogen-bond acceptors (Lipinski definition) is 7. The third-order valence-corrected chi connectivity index (χ3v) is 6.39. The SMILES string of the molecule is CCCCCCCCCCCCCC(=O)N[C@@H](CC[S+](C)[O-])C(=O)O.OCCN(CCO)CCO. The molecule has 2 atom stereocenters. The zero-order valence-electron chi connectivity index (χ0n) is 22.1. The number of aliphatic carboxylic acids is 1. The molecule has 0 bridgehead atoms. The minimum atomic E-state index is -1.06. The van der Waals surface area contributed by atoms with Crippen LogP contribution in [-0.4, -0.2) is 99.3 Å². The highest BCUT2D eigenvalue weighted by Crippen LogP contribution is 2.12. The van der Waals surface area contributed by atoms with E-state index in [1.807, 2.05) is 0 Å². The first-order chi connectivity index (χ1) is 16.8. The summed E-state index contributed by atoms with van der Waals surface area (Å²) in [6, 6.07) is -0.927. The molecule has 0 radical (unpaired) electrons. The number of carbonyl (C=O) groups is 2. The molecule has 0 saturated heterocycles. The number of hydrogen-bond donors (Lipinski definition) is 5. The first kappa shape index (κ1) is 36.2. The van der Waals surface area contributed by atoms with E-state index in [2.05, 4.69) is 12.2 Å². The van der Waals surface area contributed by atoms with Crippen molar-refractivity contribution in [1.29, 1.82) is 0 Å². The van der Waals surface area contributed by atoms with Crippen LogP contribution in [0.2, 0.25) is 0 Å². The second kappa shape index (κ2) is 27.7. The summed E-state index contributed by atoms with van der Waals surface area (Å²) in [5.74, 6) is -0.988. The average Bonchev–Trinajstić information content (AvgIpc) is 2.81. The largest absolute Gasteiger partial charge is 0.617 e. The molecule has 5 N–H and O–H groups in total. The molecule has 210 valence electrons. The second-order valence-electron chi connectivity index (χ2n) is 8.82. The van der Waals surface area contributed by atoms with Crippen LogP contribution in [0.4, 0.5) is 0 Å². The van der Waals surface area contributed by atoms with Crippen molar-refractivity contribution >= 4 is 23.1 Å².